The molecule has 1 N–H and O–H groups in total. The number of hydrogen-bond donors (Lipinski definition) is 1. The molecule has 0 aromatic rings. The Bertz CT molecular complexity index is 379. The van der Waals surface area contributed by atoms with Gasteiger partial charge in [0.15, 0.2) is 9.84 Å². The lowest BCUT2D eigenvalue weighted by Crippen LogP contribution is -2.57. The Hall–Kier alpha value is -0.620. The van der Waals surface area contributed by atoms with Crippen LogP contribution >= 0.6 is 0 Å². The Kier molecular flexibility index (Phi) is 4.55. The zero-order valence-corrected chi connectivity index (χ0v) is 11.5. The van der Waals surface area contributed by atoms with Crippen LogP contribution in [0.3, 0.4) is 0 Å². The average Bonchev–Trinajstić information content (AvgIpc) is 2.56. The Morgan fingerprint density at radius 2 is 2.12 bits per heavy atom. The number of sulfone groups is 1. The highest BCUT2D eigenvalue weighted by Gasteiger charge is 2.49. The summed E-state index contributed by atoms with van der Waals surface area (Å²) in [5.41, 5.74) is -1.04. The highest BCUT2D eigenvalue weighted by Crippen LogP contribution is 2.26. The van der Waals surface area contributed by atoms with E-state index < -0.39 is 21.3 Å². The van der Waals surface area contributed by atoms with E-state index in [4.69, 9.17) is 4.74 Å². The molecule has 0 aromatic heterocycles. The van der Waals surface area contributed by atoms with Crippen molar-refractivity contribution in [1.82, 2.24) is 5.32 Å². The Balaban J connectivity index is 2.90. The van der Waals surface area contributed by atoms with E-state index >= 15 is 0 Å². The van der Waals surface area contributed by atoms with Crippen molar-refractivity contribution in [3.05, 3.63) is 0 Å². The Labute approximate surface area is 103 Å². The van der Waals surface area contributed by atoms with E-state index in [2.05, 4.69) is 5.32 Å². The molecule has 0 aromatic carbocycles. The van der Waals surface area contributed by atoms with Gasteiger partial charge in [-0.1, -0.05) is 6.92 Å². The van der Waals surface area contributed by atoms with Gasteiger partial charge in [0.1, 0.15) is 5.54 Å². The minimum atomic E-state index is -3.13. The monoisotopic (exact) mass is 263 g/mol. The minimum absolute atomic E-state index is 0.0508. The molecule has 1 rings (SSSR count). The summed E-state index contributed by atoms with van der Waals surface area (Å²) in [5, 5.41) is 3.13. The van der Waals surface area contributed by atoms with Gasteiger partial charge in [-0.15, -0.1) is 0 Å². The third-order valence-electron chi connectivity index (χ3n) is 3.11. The third-order valence-corrected chi connectivity index (χ3v) is 4.87. The van der Waals surface area contributed by atoms with E-state index in [9.17, 15) is 13.2 Å². The van der Waals surface area contributed by atoms with Gasteiger partial charge in [-0.05, 0) is 26.7 Å². The number of ether oxygens (including phenoxy) is 1. The number of rotatable bonds is 5. The van der Waals surface area contributed by atoms with Crippen molar-refractivity contribution in [1.29, 1.82) is 0 Å². The van der Waals surface area contributed by atoms with Crippen molar-refractivity contribution in [3.8, 4) is 0 Å². The van der Waals surface area contributed by atoms with E-state index in [1.54, 1.807) is 6.92 Å². The maximum absolute atomic E-state index is 12.0. The number of nitrogens with one attached hydrogen (secondary N) is 1. The van der Waals surface area contributed by atoms with Crippen molar-refractivity contribution in [2.75, 3.05) is 18.1 Å². The zero-order chi connectivity index (χ0) is 13.1. The summed E-state index contributed by atoms with van der Waals surface area (Å²) in [6.45, 7) is 5.91. The molecule has 1 saturated heterocycles. The fourth-order valence-electron chi connectivity index (χ4n) is 2.03. The highest BCUT2D eigenvalue weighted by atomic mass is 32.2. The largest absolute Gasteiger partial charge is 0.465 e. The fourth-order valence-corrected chi connectivity index (χ4v) is 3.93. The molecule has 1 aliphatic heterocycles. The molecule has 1 heterocycles. The summed E-state index contributed by atoms with van der Waals surface area (Å²) in [6, 6.07) is 0.0905. The van der Waals surface area contributed by atoms with Crippen molar-refractivity contribution < 1.29 is 17.9 Å². The van der Waals surface area contributed by atoms with Gasteiger partial charge in [0.2, 0.25) is 0 Å². The topological polar surface area (TPSA) is 72.5 Å². The van der Waals surface area contributed by atoms with E-state index in [1.165, 1.54) is 0 Å². The molecule has 5 nitrogen and oxygen atoms in total. The zero-order valence-electron chi connectivity index (χ0n) is 10.7. The molecule has 0 amide bonds. The first-order valence-corrected chi connectivity index (χ1v) is 7.82. The summed E-state index contributed by atoms with van der Waals surface area (Å²) in [6.07, 6.45) is 1.14. The van der Waals surface area contributed by atoms with Crippen LogP contribution in [0.4, 0.5) is 0 Å². The van der Waals surface area contributed by atoms with Crippen LogP contribution in [0.5, 0.6) is 0 Å². The van der Waals surface area contributed by atoms with Gasteiger partial charge in [0.05, 0.1) is 18.1 Å². The lowest BCUT2D eigenvalue weighted by atomic mass is 9.97. The average molecular weight is 263 g/mol. The molecule has 1 fully saturated rings. The van der Waals surface area contributed by atoms with Gasteiger partial charge in [-0.25, -0.2) is 8.42 Å². The van der Waals surface area contributed by atoms with Crippen LogP contribution in [-0.4, -0.2) is 44.1 Å². The maximum atomic E-state index is 12.0. The van der Waals surface area contributed by atoms with Gasteiger partial charge < -0.3 is 4.74 Å². The molecule has 0 aliphatic carbocycles. The lowest BCUT2D eigenvalue weighted by Gasteiger charge is -2.29. The quantitative estimate of drug-likeness (QED) is 0.731. The summed E-state index contributed by atoms with van der Waals surface area (Å²) >= 11 is 0. The standard InChI is InChI=1S/C11H21NO4S/c1-4-9(3)12-11(10(13)16-5-2)6-7-17(14,15)8-11/h9,12H,4-8H2,1-3H3. The molecule has 0 spiro atoms. The maximum Gasteiger partial charge on any atom is 0.327 e. The van der Waals surface area contributed by atoms with Crippen LogP contribution in [0.2, 0.25) is 0 Å². The van der Waals surface area contributed by atoms with Crippen molar-refractivity contribution >= 4 is 15.8 Å². The molecular weight excluding hydrogens is 242 g/mol. The molecule has 1 aliphatic rings. The van der Waals surface area contributed by atoms with Crippen molar-refractivity contribution in [2.45, 2.75) is 45.2 Å². The predicted octanol–water partition coefficient (Wildman–Crippen LogP) is 0.495. The second kappa shape index (κ2) is 5.35. The second-order valence-electron chi connectivity index (χ2n) is 4.60. The van der Waals surface area contributed by atoms with Crippen molar-refractivity contribution in [3.63, 3.8) is 0 Å². The van der Waals surface area contributed by atoms with Crippen molar-refractivity contribution in [2.24, 2.45) is 0 Å². The van der Waals surface area contributed by atoms with Gasteiger partial charge in [-0.3, -0.25) is 10.1 Å². The third kappa shape index (κ3) is 3.42. The van der Waals surface area contributed by atoms with Crippen LogP contribution in [0.25, 0.3) is 0 Å². The lowest BCUT2D eigenvalue weighted by molar-refractivity contribution is -0.150. The molecule has 2 unspecified atom stereocenters. The molecule has 0 saturated carbocycles. The van der Waals surface area contributed by atoms with Gasteiger partial charge in [0.25, 0.3) is 0 Å². The fraction of sp³-hybridized carbons (Fsp3) is 0.909. The van der Waals surface area contributed by atoms with Crippen LogP contribution in [0.1, 0.15) is 33.6 Å². The first kappa shape index (κ1) is 14.4. The van der Waals surface area contributed by atoms with E-state index in [-0.39, 0.29) is 24.2 Å². The van der Waals surface area contributed by atoms with Gasteiger partial charge in [-0.2, -0.15) is 0 Å². The smallest absolute Gasteiger partial charge is 0.327 e. The molecule has 6 heteroatoms. The number of hydrogen-bond acceptors (Lipinski definition) is 5. The molecule has 0 radical (unpaired) electrons. The summed E-state index contributed by atoms with van der Waals surface area (Å²) < 4.78 is 28.2. The number of carbonyl (C=O) groups is 1. The highest BCUT2D eigenvalue weighted by molar-refractivity contribution is 7.91. The first-order chi connectivity index (χ1) is 7.85. The SMILES string of the molecule is CCOC(=O)C1(NC(C)CC)CCS(=O)(=O)C1. The molecular formula is C11H21NO4S. The first-order valence-electron chi connectivity index (χ1n) is 6.00. The summed E-state index contributed by atoms with van der Waals surface area (Å²) in [7, 11) is -3.13. The Morgan fingerprint density at radius 1 is 1.47 bits per heavy atom. The van der Waals surface area contributed by atoms with Crippen LogP contribution < -0.4 is 5.32 Å². The van der Waals surface area contributed by atoms with Gasteiger partial charge >= 0.3 is 5.97 Å². The van der Waals surface area contributed by atoms with Crippen LogP contribution in [-0.2, 0) is 19.4 Å². The van der Waals surface area contributed by atoms with E-state index in [1.807, 2.05) is 13.8 Å². The second-order valence-corrected chi connectivity index (χ2v) is 6.78. The summed E-state index contributed by atoms with van der Waals surface area (Å²) in [5.74, 6) is -0.542. The van der Waals surface area contributed by atoms with E-state index in [0.29, 0.717) is 6.42 Å². The minimum Gasteiger partial charge on any atom is -0.465 e. The number of carbonyl (C=O) groups excluding carboxylic acids is 1. The molecule has 0 bridgehead atoms. The van der Waals surface area contributed by atoms with Crippen LogP contribution in [0.15, 0.2) is 0 Å². The number of esters is 1. The van der Waals surface area contributed by atoms with Crippen LogP contribution in [0, 0.1) is 0 Å². The molecule has 17 heavy (non-hydrogen) atoms. The molecule has 2 atom stereocenters. The normalized spacial score (nSPS) is 28.9. The van der Waals surface area contributed by atoms with Gasteiger partial charge in [0, 0.05) is 6.04 Å². The Morgan fingerprint density at radius 3 is 2.53 bits per heavy atom. The van der Waals surface area contributed by atoms with E-state index in [0.717, 1.165) is 6.42 Å². The predicted molar refractivity (Wildman–Crippen MR) is 65.5 cm³/mol. The summed E-state index contributed by atoms with van der Waals surface area (Å²) in [4.78, 5) is 12.0. The molecule has 100 valence electrons.